The lowest BCUT2D eigenvalue weighted by atomic mass is 10.3. The minimum atomic E-state index is 0.0617. The van der Waals surface area contributed by atoms with Gasteiger partial charge in [-0.25, -0.2) is 9.67 Å². The van der Waals surface area contributed by atoms with E-state index in [1.165, 1.54) is 0 Å². The maximum Gasteiger partial charge on any atom is 0.128 e. The van der Waals surface area contributed by atoms with E-state index < -0.39 is 0 Å². The number of nitrogens with zero attached hydrogens (tertiary/aromatic N) is 5. The van der Waals surface area contributed by atoms with Crippen molar-refractivity contribution in [2.24, 2.45) is 0 Å². The first kappa shape index (κ1) is 13.3. The largest absolute Gasteiger partial charge is 0.394 e. The Morgan fingerprint density at radius 2 is 2.21 bits per heavy atom. The summed E-state index contributed by atoms with van der Waals surface area (Å²) in [5, 5.41) is 19.9. The third-order valence-electron chi connectivity index (χ3n) is 2.59. The topological polar surface area (TPSA) is 79.1 Å². The molecule has 0 atom stereocenters. The Bertz CT molecular complexity index is 507. The number of aromatic nitrogens is 4. The van der Waals surface area contributed by atoms with Crippen molar-refractivity contribution in [2.75, 3.05) is 30.9 Å². The number of nitrogens with one attached hydrogen (secondary N) is 1. The van der Waals surface area contributed by atoms with Gasteiger partial charge in [0.25, 0.3) is 0 Å². The van der Waals surface area contributed by atoms with Crippen LogP contribution >= 0.6 is 0 Å². The normalized spacial score (nSPS) is 10.5. The summed E-state index contributed by atoms with van der Waals surface area (Å²) in [5.74, 6) is 0.916. The highest BCUT2D eigenvalue weighted by atomic mass is 16.3. The number of rotatable bonds is 6. The maximum absolute atomic E-state index is 8.79. The fourth-order valence-electron chi connectivity index (χ4n) is 1.58. The van der Waals surface area contributed by atoms with Gasteiger partial charge < -0.3 is 15.3 Å². The molecule has 0 fully saturated rings. The molecule has 0 saturated heterocycles. The van der Waals surface area contributed by atoms with E-state index in [4.69, 9.17) is 5.11 Å². The summed E-state index contributed by atoms with van der Waals surface area (Å²) in [5.41, 5.74) is 1.76. The molecule has 2 rings (SSSR count). The molecule has 0 aliphatic carbocycles. The second-order valence-electron chi connectivity index (χ2n) is 4.35. The van der Waals surface area contributed by atoms with Gasteiger partial charge in [-0.1, -0.05) is 5.21 Å². The Labute approximate surface area is 111 Å². The molecule has 2 aromatic heterocycles. The zero-order valence-electron chi connectivity index (χ0n) is 11.1. The summed E-state index contributed by atoms with van der Waals surface area (Å²) in [6.07, 6.45) is 3.60. The van der Waals surface area contributed by atoms with Crippen LogP contribution in [0.1, 0.15) is 5.69 Å². The molecule has 102 valence electrons. The SMILES string of the molecule is CN(C)c1ccc(NCc2cn(CCO)nn2)cn1. The molecule has 0 aromatic carbocycles. The zero-order chi connectivity index (χ0) is 13.7. The van der Waals surface area contributed by atoms with Gasteiger partial charge in [0.15, 0.2) is 0 Å². The second kappa shape index (κ2) is 6.14. The Morgan fingerprint density at radius 3 is 2.84 bits per heavy atom. The maximum atomic E-state index is 8.79. The van der Waals surface area contributed by atoms with E-state index in [9.17, 15) is 0 Å². The second-order valence-corrected chi connectivity index (χ2v) is 4.35. The van der Waals surface area contributed by atoms with E-state index in [-0.39, 0.29) is 6.61 Å². The van der Waals surface area contributed by atoms with Crippen LogP contribution in [0.2, 0.25) is 0 Å². The highest BCUT2D eigenvalue weighted by Crippen LogP contribution is 2.12. The summed E-state index contributed by atoms with van der Waals surface area (Å²) in [6.45, 7) is 1.10. The summed E-state index contributed by atoms with van der Waals surface area (Å²) in [4.78, 5) is 6.26. The Morgan fingerprint density at radius 1 is 1.37 bits per heavy atom. The number of aliphatic hydroxyl groups is 1. The molecule has 0 amide bonds. The third-order valence-corrected chi connectivity index (χ3v) is 2.59. The van der Waals surface area contributed by atoms with E-state index in [2.05, 4.69) is 20.6 Å². The number of pyridine rings is 1. The standard InChI is InChI=1S/C12H18N6O/c1-17(2)12-4-3-10(7-14-12)13-8-11-9-18(5-6-19)16-15-11/h3-4,7,9,13,19H,5-6,8H2,1-2H3. The molecular formula is C12H18N6O. The summed E-state index contributed by atoms with van der Waals surface area (Å²) in [6, 6.07) is 3.92. The Hall–Kier alpha value is -2.15. The fraction of sp³-hybridized carbons (Fsp3) is 0.417. The smallest absolute Gasteiger partial charge is 0.128 e. The number of anilines is 2. The predicted molar refractivity (Wildman–Crippen MR) is 73.0 cm³/mol. The van der Waals surface area contributed by atoms with Crippen LogP contribution in [0.3, 0.4) is 0 Å². The molecule has 0 saturated carbocycles. The lowest BCUT2D eigenvalue weighted by molar-refractivity contribution is 0.268. The quantitative estimate of drug-likeness (QED) is 0.781. The molecule has 0 unspecified atom stereocenters. The molecule has 0 aliphatic rings. The molecule has 0 aliphatic heterocycles. The van der Waals surface area contributed by atoms with Crippen LogP contribution in [0.25, 0.3) is 0 Å². The monoisotopic (exact) mass is 262 g/mol. The lowest BCUT2D eigenvalue weighted by Crippen LogP contribution is -2.10. The van der Waals surface area contributed by atoms with Gasteiger partial charge in [0, 0.05) is 14.1 Å². The van der Waals surface area contributed by atoms with Gasteiger partial charge in [-0.3, -0.25) is 0 Å². The Balaban J connectivity index is 1.90. The summed E-state index contributed by atoms with van der Waals surface area (Å²) in [7, 11) is 3.91. The van der Waals surface area contributed by atoms with Crippen molar-refractivity contribution in [1.29, 1.82) is 0 Å². The molecule has 19 heavy (non-hydrogen) atoms. The minimum absolute atomic E-state index is 0.0617. The number of hydrogen-bond donors (Lipinski definition) is 2. The van der Waals surface area contributed by atoms with Gasteiger partial charge in [-0.05, 0) is 12.1 Å². The van der Waals surface area contributed by atoms with E-state index in [0.29, 0.717) is 13.1 Å². The lowest BCUT2D eigenvalue weighted by Gasteiger charge is -2.11. The Kier molecular flexibility index (Phi) is 4.30. The van der Waals surface area contributed by atoms with Crippen LogP contribution in [0, 0.1) is 0 Å². The molecular weight excluding hydrogens is 244 g/mol. The first-order chi connectivity index (χ1) is 9.19. The zero-order valence-corrected chi connectivity index (χ0v) is 11.1. The van der Waals surface area contributed by atoms with Gasteiger partial charge in [0.05, 0.1) is 37.8 Å². The van der Waals surface area contributed by atoms with Gasteiger partial charge in [0.2, 0.25) is 0 Å². The van der Waals surface area contributed by atoms with Crippen LogP contribution in [-0.4, -0.2) is 45.8 Å². The predicted octanol–water partition coefficient (Wildman–Crippen LogP) is 0.343. The van der Waals surface area contributed by atoms with Crippen molar-refractivity contribution in [1.82, 2.24) is 20.0 Å². The average molecular weight is 262 g/mol. The van der Waals surface area contributed by atoms with Crippen molar-refractivity contribution >= 4 is 11.5 Å². The van der Waals surface area contributed by atoms with Crippen LogP contribution in [0.15, 0.2) is 24.5 Å². The van der Waals surface area contributed by atoms with Crippen molar-refractivity contribution < 1.29 is 5.11 Å². The van der Waals surface area contributed by atoms with E-state index in [1.54, 1.807) is 10.9 Å². The fourth-order valence-corrected chi connectivity index (χ4v) is 1.58. The van der Waals surface area contributed by atoms with Crippen molar-refractivity contribution in [2.45, 2.75) is 13.1 Å². The van der Waals surface area contributed by atoms with Crippen LogP contribution < -0.4 is 10.2 Å². The molecule has 2 N–H and O–H groups in total. The van der Waals surface area contributed by atoms with Gasteiger partial charge in [-0.2, -0.15) is 0 Å². The summed E-state index contributed by atoms with van der Waals surface area (Å²) < 4.78 is 1.62. The van der Waals surface area contributed by atoms with Crippen molar-refractivity contribution in [3.8, 4) is 0 Å². The van der Waals surface area contributed by atoms with E-state index >= 15 is 0 Å². The van der Waals surface area contributed by atoms with Crippen molar-refractivity contribution in [3.05, 3.63) is 30.2 Å². The van der Waals surface area contributed by atoms with Crippen LogP contribution in [0.4, 0.5) is 11.5 Å². The molecule has 7 nitrogen and oxygen atoms in total. The minimum Gasteiger partial charge on any atom is -0.394 e. The molecule has 7 heteroatoms. The molecule has 0 spiro atoms. The van der Waals surface area contributed by atoms with Crippen molar-refractivity contribution in [3.63, 3.8) is 0 Å². The first-order valence-electron chi connectivity index (χ1n) is 6.06. The van der Waals surface area contributed by atoms with Crippen LogP contribution in [0.5, 0.6) is 0 Å². The van der Waals surface area contributed by atoms with Gasteiger partial charge in [0.1, 0.15) is 11.5 Å². The third kappa shape index (κ3) is 3.65. The molecule has 0 radical (unpaired) electrons. The summed E-state index contributed by atoms with van der Waals surface area (Å²) >= 11 is 0. The van der Waals surface area contributed by atoms with Crippen LogP contribution in [-0.2, 0) is 13.1 Å². The van der Waals surface area contributed by atoms with Gasteiger partial charge >= 0.3 is 0 Å². The molecule has 2 heterocycles. The first-order valence-corrected chi connectivity index (χ1v) is 6.06. The highest BCUT2D eigenvalue weighted by molar-refractivity contribution is 5.47. The average Bonchev–Trinajstić information content (AvgIpc) is 2.85. The van der Waals surface area contributed by atoms with E-state index in [1.807, 2.05) is 37.3 Å². The molecule has 2 aromatic rings. The van der Waals surface area contributed by atoms with E-state index in [0.717, 1.165) is 17.2 Å². The number of aliphatic hydroxyl groups excluding tert-OH is 1. The number of hydrogen-bond acceptors (Lipinski definition) is 6. The molecule has 0 bridgehead atoms. The highest BCUT2D eigenvalue weighted by Gasteiger charge is 2.01. The van der Waals surface area contributed by atoms with Gasteiger partial charge in [-0.15, -0.1) is 5.10 Å².